The minimum Gasteiger partial charge on any atom is -0.497 e. The average molecular weight is 564 g/mol. The first kappa shape index (κ1) is 25.0. The fourth-order valence-electron chi connectivity index (χ4n) is 5.07. The number of thiophene rings is 1. The lowest BCUT2D eigenvalue weighted by atomic mass is 9.84. The van der Waals surface area contributed by atoms with Crippen molar-refractivity contribution in [3.05, 3.63) is 112 Å². The topological polar surface area (TPSA) is 101 Å². The molecule has 0 aliphatic carbocycles. The minimum atomic E-state index is -0.259. The van der Waals surface area contributed by atoms with E-state index in [1.54, 1.807) is 29.3 Å². The summed E-state index contributed by atoms with van der Waals surface area (Å²) in [6.07, 6.45) is 1.61. The summed E-state index contributed by atoms with van der Waals surface area (Å²) < 4.78 is 15.4. The van der Waals surface area contributed by atoms with Crippen LogP contribution in [0.1, 0.15) is 45.9 Å². The molecular formula is C30H25N7O3S. The molecule has 0 radical (unpaired) electrons. The van der Waals surface area contributed by atoms with E-state index in [0.29, 0.717) is 23.2 Å². The lowest BCUT2D eigenvalue weighted by Gasteiger charge is -2.26. The van der Waals surface area contributed by atoms with Gasteiger partial charge in [-0.05, 0) is 55.1 Å². The van der Waals surface area contributed by atoms with Crippen LogP contribution in [0.3, 0.4) is 0 Å². The van der Waals surface area contributed by atoms with Crippen molar-refractivity contribution < 1.29 is 14.3 Å². The zero-order valence-corrected chi connectivity index (χ0v) is 23.4. The molecule has 1 aliphatic heterocycles. The predicted molar refractivity (Wildman–Crippen MR) is 154 cm³/mol. The van der Waals surface area contributed by atoms with Gasteiger partial charge in [0.2, 0.25) is 11.8 Å². The zero-order valence-electron chi connectivity index (χ0n) is 22.6. The van der Waals surface area contributed by atoms with Crippen LogP contribution in [0.4, 0.5) is 0 Å². The first-order chi connectivity index (χ1) is 20.1. The number of fused-ring (bicyclic) bond motifs is 4. The van der Waals surface area contributed by atoms with Crippen LogP contribution in [0.2, 0.25) is 0 Å². The third kappa shape index (κ3) is 4.40. The van der Waals surface area contributed by atoms with Gasteiger partial charge in [-0.3, -0.25) is 0 Å². The van der Waals surface area contributed by atoms with Crippen molar-refractivity contribution in [2.75, 3.05) is 7.11 Å². The van der Waals surface area contributed by atoms with Gasteiger partial charge in [-0.1, -0.05) is 41.6 Å². The molecule has 2 aromatic carbocycles. The van der Waals surface area contributed by atoms with Gasteiger partial charge < -0.3 is 14.3 Å². The smallest absolute Gasteiger partial charge is 0.230 e. The van der Waals surface area contributed by atoms with Crippen molar-refractivity contribution in [1.29, 1.82) is 0 Å². The Hall–Kier alpha value is -5.03. The second-order valence-electron chi connectivity index (χ2n) is 9.55. The zero-order chi connectivity index (χ0) is 27.9. The van der Waals surface area contributed by atoms with E-state index in [0.717, 1.165) is 44.4 Å². The van der Waals surface area contributed by atoms with Gasteiger partial charge in [-0.2, -0.15) is 5.10 Å². The van der Waals surface area contributed by atoms with Gasteiger partial charge in [0.15, 0.2) is 18.1 Å². The van der Waals surface area contributed by atoms with Crippen LogP contribution in [-0.2, 0) is 11.4 Å². The van der Waals surface area contributed by atoms with E-state index in [9.17, 15) is 0 Å². The summed E-state index contributed by atoms with van der Waals surface area (Å²) in [6.45, 7) is 4.02. The highest BCUT2D eigenvalue weighted by atomic mass is 32.1. The van der Waals surface area contributed by atoms with Crippen LogP contribution in [-0.4, -0.2) is 42.2 Å². The monoisotopic (exact) mass is 563 g/mol. The van der Waals surface area contributed by atoms with Crippen molar-refractivity contribution in [3.8, 4) is 23.2 Å². The molecule has 6 aromatic rings. The molecule has 1 atom stereocenters. The van der Waals surface area contributed by atoms with Crippen LogP contribution in [0.5, 0.6) is 17.5 Å². The summed E-state index contributed by atoms with van der Waals surface area (Å²) in [5.41, 5.74) is 5.95. The van der Waals surface area contributed by atoms with E-state index in [1.165, 1.54) is 0 Å². The molecule has 0 bridgehead atoms. The van der Waals surface area contributed by atoms with Gasteiger partial charge in [0.05, 0.1) is 46.1 Å². The molecule has 1 aliphatic rings. The van der Waals surface area contributed by atoms with Gasteiger partial charge in [0, 0.05) is 0 Å². The van der Waals surface area contributed by atoms with Gasteiger partial charge >= 0.3 is 0 Å². The number of oxime groups is 1. The molecule has 11 heteroatoms. The molecule has 10 nitrogen and oxygen atoms in total. The summed E-state index contributed by atoms with van der Waals surface area (Å²) in [6, 6.07) is 21.9. The largest absolute Gasteiger partial charge is 0.497 e. The summed E-state index contributed by atoms with van der Waals surface area (Å²) in [7, 11) is 1.66. The standard InChI is InChI=1S/C30H25N7O3S/c1-18(23-10-7-15-41-23)35-39-16-24-32-28-27-26(20-11-13-22(38-3)14-12-20)25-19(2)33-37(21-8-5-4-6-9-21)30(25)40-29(27)31-17-36(28)34-24/h4-15,17,26H,16H2,1-3H3/b35-18+. The number of para-hydroxylation sites is 1. The van der Waals surface area contributed by atoms with E-state index in [4.69, 9.17) is 24.4 Å². The fourth-order valence-corrected chi connectivity index (χ4v) is 5.74. The lowest BCUT2D eigenvalue weighted by Crippen LogP contribution is -2.16. The predicted octanol–water partition coefficient (Wildman–Crippen LogP) is 5.92. The minimum absolute atomic E-state index is 0.115. The number of nitrogens with zero attached hydrogens (tertiary/aromatic N) is 7. The number of aromatic nitrogens is 6. The molecule has 0 saturated heterocycles. The summed E-state index contributed by atoms with van der Waals surface area (Å²) in [4.78, 5) is 16.2. The summed E-state index contributed by atoms with van der Waals surface area (Å²) >= 11 is 1.61. The first-order valence-corrected chi connectivity index (χ1v) is 13.9. The Kier molecular flexibility index (Phi) is 6.20. The maximum Gasteiger partial charge on any atom is 0.230 e. The number of aryl methyl sites for hydroxylation is 1. The van der Waals surface area contributed by atoms with Crippen molar-refractivity contribution in [3.63, 3.8) is 0 Å². The van der Waals surface area contributed by atoms with E-state index in [1.807, 2.05) is 90.6 Å². The Morgan fingerprint density at radius 3 is 2.61 bits per heavy atom. The molecular weight excluding hydrogens is 538 g/mol. The Bertz CT molecular complexity index is 1880. The average Bonchev–Trinajstić information content (AvgIpc) is 3.76. The second-order valence-corrected chi connectivity index (χ2v) is 10.5. The SMILES string of the molecule is COc1ccc(C2c3c(C)nn(-c4ccccc4)c3Oc3ncn4nc(CO/N=C(\C)c5cccs5)nc4c32)cc1. The molecule has 4 aromatic heterocycles. The van der Waals surface area contributed by atoms with Gasteiger partial charge in [-0.25, -0.2) is 19.2 Å². The van der Waals surface area contributed by atoms with Gasteiger partial charge in [0.1, 0.15) is 12.1 Å². The normalized spacial score (nSPS) is 14.4. The van der Waals surface area contributed by atoms with E-state index in [-0.39, 0.29) is 12.5 Å². The second kappa shape index (κ2) is 10.2. The van der Waals surface area contributed by atoms with Crippen LogP contribution >= 0.6 is 11.3 Å². The number of rotatable bonds is 7. The van der Waals surface area contributed by atoms with Crippen molar-refractivity contribution in [2.24, 2.45) is 5.16 Å². The van der Waals surface area contributed by atoms with Gasteiger partial charge in [-0.15, -0.1) is 16.4 Å². The molecule has 1 unspecified atom stereocenters. The van der Waals surface area contributed by atoms with Crippen LogP contribution in [0.25, 0.3) is 11.3 Å². The molecule has 0 fully saturated rings. The number of benzene rings is 2. The number of hydrogen-bond acceptors (Lipinski definition) is 9. The molecule has 204 valence electrons. The van der Waals surface area contributed by atoms with Gasteiger partial charge in [0.25, 0.3) is 0 Å². The van der Waals surface area contributed by atoms with Crippen LogP contribution in [0.15, 0.2) is 83.6 Å². The highest BCUT2D eigenvalue weighted by Crippen LogP contribution is 2.49. The Labute approximate surface area is 239 Å². The van der Waals surface area contributed by atoms with Crippen LogP contribution < -0.4 is 9.47 Å². The first-order valence-electron chi connectivity index (χ1n) is 13.0. The van der Waals surface area contributed by atoms with E-state index >= 15 is 0 Å². The summed E-state index contributed by atoms with van der Waals surface area (Å²) in [5, 5.41) is 15.8. The third-order valence-corrected chi connectivity index (χ3v) is 7.97. The van der Waals surface area contributed by atoms with Crippen LogP contribution in [0, 0.1) is 6.92 Å². The molecule has 0 saturated carbocycles. The number of hydrogen-bond donors (Lipinski definition) is 0. The van der Waals surface area contributed by atoms with Crippen molar-refractivity contribution in [1.82, 2.24) is 29.4 Å². The summed E-state index contributed by atoms with van der Waals surface area (Å²) in [5.74, 6) is 2.08. The number of ether oxygens (including phenoxy) is 2. The quantitative estimate of drug-likeness (QED) is 0.175. The molecule has 7 rings (SSSR count). The Balaban J connectivity index is 1.33. The van der Waals surface area contributed by atoms with E-state index in [2.05, 4.69) is 15.2 Å². The molecule has 5 heterocycles. The molecule has 0 amide bonds. The molecule has 0 spiro atoms. The maximum absolute atomic E-state index is 6.48. The third-order valence-electron chi connectivity index (χ3n) is 6.99. The van der Waals surface area contributed by atoms with Crippen molar-refractivity contribution >= 4 is 22.7 Å². The van der Waals surface area contributed by atoms with Crippen molar-refractivity contribution in [2.45, 2.75) is 26.4 Å². The maximum atomic E-state index is 6.48. The molecule has 41 heavy (non-hydrogen) atoms. The highest BCUT2D eigenvalue weighted by Gasteiger charge is 2.38. The van der Waals surface area contributed by atoms with E-state index < -0.39 is 0 Å². The molecule has 0 N–H and O–H groups in total. The fraction of sp³-hybridized carbons (Fsp3) is 0.167. The number of methoxy groups -OCH3 is 1. The Morgan fingerprint density at radius 1 is 1.02 bits per heavy atom. The Morgan fingerprint density at radius 2 is 1.85 bits per heavy atom. The lowest BCUT2D eigenvalue weighted by molar-refractivity contribution is 0.125. The highest BCUT2D eigenvalue weighted by molar-refractivity contribution is 7.12.